The van der Waals surface area contributed by atoms with Crippen LogP contribution in [0.2, 0.25) is 0 Å². The van der Waals surface area contributed by atoms with Gasteiger partial charge in [0.1, 0.15) is 11.2 Å². The van der Waals surface area contributed by atoms with Crippen LogP contribution in [0.25, 0.3) is 87.6 Å². The third-order valence-corrected chi connectivity index (χ3v) is 11.2. The third-order valence-electron chi connectivity index (χ3n) is 11.2. The molecule has 0 unspecified atom stereocenters. The van der Waals surface area contributed by atoms with Gasteiger partial charge in [-0.2, -0.15) is 0 Å². The van der Waals surface area contributed by atoms with E-state index in [1.165, 1.54) is 65.7 Å². The van der Waals surface area contributed by atoms with E-state index >= 15 is 0 Å². The van der Waals surface area contributed by atoms with E-state index in [2.05, 4.69) is 205 Å². The number of hydrogen-bond donors (Lipinski definition) is 0. The number of benzene rings is 10. The first-order chi connectivity index (χ1) is 27.7. The van der Waals surface area contributed by atoms with Crippen LogP contribution < -0.4 is 4.90 Å². The fourth-order valence-corrected chi connectivity index (χ4v) is 8.50. The summed E-state index contributed by atoms with van der Waals surface area (Å²) in [5.41, 5.74) is 12.1. The number of furan rings is 1. The van der Waals surface area contributed by atoms with E-state index in [4.69, 9.17) is 4.42 Å². The molecule has 0 amide bonds. The number of rotatable bonds is 6. The zero-order valence-electron chi connectivity index (χ0n) is 30.6. The number of hydrogen-bond acceptors (Lipinski definition) is 2. The van der Waals surface area contributed by atoms with Crippen LogP contribution in [0.5, 0.6) is 0 Å². The van der Waals surface area contributed by atoms with Crippen LogP contribution in [0, 0.1) is 0 Å². The number of anilines is 3. The highest BCUT2D eigenvalue weighted by atomic mass is 16.3. The second kappa shape index (κ2) is 13.2. The largest absolute Gasteiger partial charge is 0.456 e. The molecular formula is C54H35NO. The van der Waals surface area contributed by atoms with Gasteiger partial charge in [0.2, 0.25) is 0 Å². The number of fused-ring (bicyclic) bond motifs is 7. The zero-order valence-corrected chi connectivity index (χ0v) is 30.6. The molecule has 0 aliphatic heterocycles. The van der Waals surface area contributed by atoms with Gasteiger partial charge in [-0.3, -0.25) is 0 Å². The molecule has 0 saturated carbocycles. The maximum Gasteiger partial charge on any atom is 0.137 e. The lowest BCUT2D eigenvalue weighted by atomic mass is 9.94. The Morgan fingerprint density at radius 1 is 0.304 bits per heavy atom. The van der Waals surface area contributed by atoms with Crippen molar-refractivity contribution in [3.63, 3.8) is 0 Å². The molecule has 0 bridgehead atoms. The summed E-state index contributed by atoms with van der Waals surface area (Å²) in [5.74, 6) is 0. The average Bonchev–Trinajstić information content (AvgIpc) is 3.66. The highest BCUT2D eigenvalue weighted by Crippen LogP contribution is 2.44. The molecule has 1 aromatic heterocycles. The van der Waals surface area contributed by atoms with Crippen molar-refractivity contribution >= 4 is 71.3 Å². The summed E-state index contributed by atoms with van der Waals surface area (Å²) in [6.45, 7) is 0. The Kier molecular flexibility index (Phi) is 7.53. The minimum atomic E-state index is 0.869. The van der Waals surface area contributed by atoms with Gasteiger partial charge in [-0.15, -0.1) is 0 Å². The van der Waals surface area contributed by atoms with Crippen molar-refractivity contribution in [2.24, 2.45) is 0 Å². The Labute approximate surface area is 325 Å². The summed E-state index contributed by atoms with van der Waals surface area (Å²) in [5, 5.41) is 9.74. The van der Waals surface area contributed by atoms with Crippen LogP contribution in [0.15, 0.2) is 217 Å². The summed E-state index contributed by atoms with van der Waals surface area (Å²) >= 11 is 0. The van der Waals surface area contributed by atoms with Crippen LogP contribution in [-0.2, 0) is 0 Å². The first kappa shape index (κ1) is 32.0. The van der Waals surface area contributed by atoms with Crippen LogP contribution >= 0.6 is 0 Å². The van der Waals surface area contributed by atoms with Crippen LogP contribution in [0.3, 0.4) is 0 Å². The topological polar surface area (TPSA) is 16.4 Å². The Balaban J connectivity index is 1.02. The second-order valence-electron chi connectivity index (χ2n) is 14.5. The highest BCUT2D eigenvalue weighted by molar-refractivity contribution is 6.14. The molecule has 0 aliphatic carbocycles. The second-order valence-corrected chi connectivity index (χ2v) is 14.5. The zero-order chi connectivity index (χ0) is 37.0. The van der Waals surface area contributed by atoms with Crippen molar-refractivity contribution in [2.45, 2.75) is 0 Å². The van der Waals surface area contributed by atoms with Gasteiger partial charge in [-0.05, 0) is 114 Å². The van der Waals surface area contributed by atoms with Crippen LogP contribution in [-0.4, -0.2) is 0 Å². The molecule has 11 aromatic rings. The monoisotopic (exact) mass is 713 g/mol. The minimum absolute atomic E-state index is 0.869. The molecule has 2 nitrogen and oxygen atoms in total. The molecule has 0 N–H and O–H groups in total. The van der Waals surface area contributed by atoms with E-state index in [1.54, 1.807) is 0 Å². The molecule has 262 valence electrons. The van der Waals surface area contributed by atoms with Crippen LogP contribution in [0.4, 0.5) is 17.1 Å². The minimum Gasteiger partial charge on any atom is -0.456 e. The summed E-state index contributed by atoms with van der Waals surface area (Å²) in [6.07, 6.45) is 0. The standard InChI is InChI=1S/C54H35NO/c1-2-12-41-34-42(27-26-36(41)10-1)39-24-22-37(23-25-39)38-28-31-44(32-29-38)55(51-19-9-21-53-54(51)50-16-5-6-20-52(50)56-53)45-14-7-13-43(35-45)47-17-8-18-48-46-15-4-3-11-40(46)30-33-49(47)48/h1-35H. The Morgan fingerprint density at radius 2 is 0.911 bits per heavy atom. The number of nitrogens with zero attached hydrogens (tertiary/aromatic N) is 1. The van der Waals surface area contributed by atoms with E-state index < -0.39 is 0 Å². The molecule has 1 heterocycles. The maximum absolute atomic E-state index is 6.40. The van der Waals surface area contributed by atoms with E-state index in [9.17, 15) is 0 Å². The SMILES string of the molecule is c1cc(-c2cccc3c2ccc2ccccc23)cc(N(c2ccc(-c3ccc(-c4ccc5ccccc5c4)cc3)cc2)c2cccc3oc4ccccc4c23)c1. The van der Waals surface area contributed by atoms with Gasteiger partial charge in [0.05, 0.1) is 11.1 Å². The summed E-state index contributed by atoms with van der Waals surface area (Å²) in [6, 6.07) is 76.5. The van der Waals surface area contributed by atoms with Gasteiger partial charge in [0.15, 0.2) is 0 Å². The molecule has 11 rings (SSSR count). The fraction of sp³-hybridized carbons (Fsp3) is 0. The van der Waals surface area contributed by atoms with Crippen molar-refractivity contribution in [2.75, 3.05) is 4.90 Å². The van der Waals surface area contributed by atoms with E-state index in [0.29, 0.717) is 0 Å². The smallest absolute Gasteiger partial charge is 0.137 e. The quantitative estimate of drug-likeness (QED) is 0.160. The first-order valence-electron chi connectivity index (χ1n) is 19.2. The average molecular weight is 714 g/mol. The highest BCUT2D eigenvalue weighted by Gasteiger charge is 2.20. The maximum atomic E-state index is 6.40. The van der Waals surface area contributed by atoms with Crippen molar-refractivity contribution in [1.29, 1.82) is 0 Å². The number of para-hydroxylation sites is 1. The van der Waals surface area contributed by atoms with Crippen LogP contribution in [0.1, 0.15) is 0 Å². The Bertz CT molecular complexity index is 3250. The molecule has 0 saturated heterocycles. The van der Waals surface area contributed by atoms with Gasteiger partial charge in [0.25, 0.3) is 0 Å². The van der Waals surface area contributed by atoms with Gasteiger partial charge in [0, 0.05) is 16.8 Å². The molecule has 0 aliphatic rings. The van der Waals surface area contributed by atoms with Crippen molar-refractivity contribution < 1.29 is 4.42 Å². The molecule has 0 radical (unpaired) electrons. The summed E-state index contributed by atoms with van der Waals surface area (Å²) in [7, 11) is 0. The molecule has 56 heavy (non-hydrogen) atoms. The van der Waals surface area contributed by atoms with Crippen molar-refractivity contribution in [3.05, 3.63) is 212 Å². The molecule has 0 fully saturated rings. The van der Waals surface area contributed by atoms with E-state index in [-0.39, 0.29) is 0 Å². The lowest BCUT2D eigenvalue weighted by Crippen LogP contribution is -2.10. The first-order valence-corrected chi connectivity index (χ1v) is 19.2. The third kappa shape index (κ3) is 5.42. The van der Waals surface area contributed by atoms with Crippen molar-refractivity contribution in [3.8, 4) is 33.4 Å². The lowest BCUT2D eigenvalue weighted by Gasteiger charge is -2.27. The predicted octanol–water partition coefficient (Wildman–Crippen LogP) is 15.5. The summed E-state index contributed by atoms with van der Waals surface area (Å²) < 4.78 is 6.40. The van der Waals surface area contributed by atoms with Gasteiger partial charge in [-0.1, -0.05) is 164 Å². The molecule has 10 aromatic carbocycles. The summed E-state index contributed by atoms with van der Waals surface area (Å²) in [4.78, 5) is 2.38. The Hall–Kier alpha value is -7.42. The van der Waals surface area contributed by atoms with E-state index in [0.717, 1.165) is 39.0 Å². The normalized spacial score (nSPS) is 11.6. The molecule has 2 heteroatoms. The molecule has 0 spiro atoms. The Morgan fingerprint density at radius 3 is 1.75 bits per heavy atom. The molecular weight excluding hydrogens is 679 g/mol. The van der Waals surface area contributed by atoms with Gasteiger partial charge >= 0.3 is 0 Å². The molecule has 0 atom stereocenters. The lowest BCUT2D eigenvalue weighted by molar-refractivity contribution is 0.669. The van der Waals surface area contributed by atoms with Crippen molar-refractivity contribution in [1.82, 2.24) is 0 Å². The fourth-order valence-electron chi connectivity index (χ4n) is 8.50. The predicted molar refractivity (Wildman–Crippen MR) is 237 cm³/mol. The van der Waals surface area contributed by atoms with Gasteiger partial charge < -0.3 is 9.32 Å². The van der Waals surface area contributed by atoms with E-state index in [1.807, 2.05) is 12.1 Å². The van der Waals surface area contributed by atoms with Gasteiger partial charge in [-0.25, -0.2) is 0 Å².